The first-order chi connectivity index (χ1) is 72.7. The number of benzene rings is 10. The summed E-state index contributed by atoms with van der Waals surface area (Å²) in [6.45, 7) is 32.6. The van der Waals surface area contributed by atoms with Crippen molar-refractivity contribution < 1.29 is 4.74 Å². The number of hydrogen-bond donors (Lipinski definition) is 8. The lowest BCUT2D eigenvalue weighted by Crippen LogP contribution is -2.42. The molecule has 0 bridgehead atoms. The summed E-state index contributed by atoms with van der Waals surface area (Å²) in [4.78, 5) is 143. The van der Waals surface area contributed by atoms with Crippen molar-refractivity contribution in [2.75, 3.05) is 101 Å². The van der Waals surface area contributed by atoms with Gasteiger partial charge in [0.2, 0.25) is 0 Å². The number of nitrogens with zero attached hydrogens (tertiary/aromatic N) is 16. The van der Waals surface area contributed by atoms with Crippen LogP contribution in [-0.4, -0.2) is 132 Å². The standard InChI is InChI=1S/C26H29N5O.C24H27N5O2.C24H25N5O.C23H25N5O.C22H22N4O2/c1-17-15-22-23(16-21(17)29-20-12-6-7-13-20)31(14-8-11-19-9-4-3-5-10-19)25-24(30-22)26(32)28-18(2)27-25;1-16-14-20-21(15-19(16)25-11-13-31-3)29(12-7-10-18-8-5-4-6-9-18)23-22(28-20)24(30)27-17(2)26-23;1-15-13-20-21(14-19(15)27-18-10-11-18)29(12-6-9-17-7-4-3-5-8-17)23-22(28-20)24(30)26-16(2)25-23;1-15-13-18-20(14-19(15)27(3)4)28(12-8-11-17-9-6-5-7-10-17)22-21(26-18)23(29)25-16(2)24-22;1-14-12-17-18(13-15(14)2)26(11-7-6-10-16-8-4-3-5-9-16)20-19(23-17)21(27)25-22(28)24-20/h3-5,9-10,15-16,20,29H,2,6-8,11-14H2,1H3,(H,28,32);4-6,8-9,14-15,25H,2,7,10-13H2,1,3H3,(H,27,30);3-5,7-8,13-14,18,27H,2,6,9-12H2,1H3,(H,26,30);5-7,9-10,13-14H,2,8,11-12H2,1,3-4H3,(H,25,29);3-5,8-9,12-13H,6-7,10-11H2,1-2H3,(H,25,27,28). The second-order valence-corrected chi connectivity index (χ2v) is 39.3. The molecule has 22 rings (SSSR count). The van der Waals surface area contributed by atoms with E-state index in [4.69, 9.17) is 9.73 Å². The fraction of sp³-hybridized carbons (Fsp3) is 0.294. The first-order valence-corrected chi connectivity index (χ1v) is 51.7. The van der Waals surface area contributed by atoms with Gasteiger partial charge in [0.25, 0.3) is 27.8 Å². The molecular formula is C119H128N24O7. The van der Waals surface area contributed by atoms with Crippen LogP contribution in [0.2, 0.25) is 0 Å². The highest BCUT2D eigenvalue weighted by Gasteiger charge is 2.32. The van der Waals surface area contributed by atoms with E-state index in [0.29, 0.717) is 111 Å². The topological polar surface area (TPSA) is 375 Å². The van der Waals surface area contributed by atoms with Gasteiger partial charge in [-0.05, 0) is 260 Å². The zero-order valence-electron chi connectivity index (χ0n) is 86.7. The van der Waals surface area contributed by atoms with E-state index in [-0.39, 0.29) is 27.9 Å². The molecule has 0 atom stereocenters. The minimum atomic E-state index is -0.638. The van der Waals surface area contributed by atoms with E-state index in [2.05, 4.69) is 309 Å². The third-order valence-corrected chi connectivity index (χ3v) is 27.8. The lowest BCUT2D eigenvalue weighted by Gasteiger charge is -2.30. The first kappa shape index (κ1) is 103. The fourth-order valence-corrected chi connectivity index (χ4v) is 19.8. The minimum absolute atomic E-state index is 0.207. The van der Waals surface area contributed by atoms with E-state index in [1.807, 2.05) is 100 Å². The Morgan fingerprint density at radius 2 is 0.700 bits per heavy atom. The highest BCUT2D eigenvalue weighted by molar-refractivity contribution is 5.86. The Hall–Kier alpha value is -17.0. The Bertz CT molecular complexity index is 8530. The molecule has 0 saturated heterocycles. The Balaban J connectivity index is 0.000000122. The highest BCUT2D eigenvalue weighted by Crippen LogP contribution is 2.45. The minimum Gasteiger partial charge on any atom is -0.383 e. The van der Waals surface area contributed by atoms with Crippen molar-refractivity contribution >= 4 is 129 Å². The summed E-state index contributed by atoms with van der Waals surface area (Å²) in [6.07, 6.45) is 17.8. The number of aromatic amines is 5. The van der Waals surface area contributed by atoms with Gasteiger partial charge in [-0.15, -0.1) is 0 Å². The van der Waals surface area contributed by atoms with Crippen LogP contribution in [0, 0.1) is 41.5 Å². The Morgan fingerprint density at radius 3 is 1.07 bits per heavy atom. The predicted octanol–water partition coefficient (Wildman–Crippen LogP) is 15.4. The normalized spacial score (nSPS) is 13.2. The largest absolute Gasteiger partial charge is 0.383 e. The second kappa shape index (κ2) is 46.8. The molecule has 6 aliphatic heterocycles. The number of methoxy groups -OCH3 is 1. The molecule has 10 aromatic carbocycles. The molecule has 2 fully saturated rings. The van der Waals surface area contributed by atoms with Gasteiger partial charge >= 0.3 is 5.69 Å². The van der Waals surface area contributed by atoms with Gasteiger partial charge in [0.15, 0.2) is 56.2 Å². The predicted molar refractivity (Wildman–Crippen MR) is 602 cm³/mol. The van der Waals surface area contributed by atoms with Crippen LogP contribution in [0.4, 0.5) is 91.5 Å². The summed E-state index contributed by atoms with van der Waals surface area (Å²) in [5.74, 6) is 2.67. The van der Waals surface area contributed by atoms with E-state index in [9.17, 15) is 28.8 Å². The highest BCUT2D eigenvalue weighted by atomic mass is 16.5. The SMILES string of the molecule is C=c1nc2c(c(=O)[nH]1)=Nc1cc(C)c(N(C)C)cc1N2CCCc1ccccc1.C=c1nc2c(c(=O)[nH]1)=Nc1cc(C)c(NC3CC3)cc1N2CCCc1ccccc1.C=c1nc2c(c(=O)[nH]1)=Nc1cc(C)c(NC3CCCC3)cc1N2CCCc1ccccc1.C=c1nc2c(c(=O)[nH]1)=Nc1cc(C)c(NCCOC)cc1N2CCCc1ccccc1.Cc1cc2nc3c(=O)[nH]c(=O)nc-3n(CCCCc3ccccc3)c2cc1C. The smallest absolute Gasteiger partial charge is 0.349 e. The maximum Gasteiger partial charge on any atom is 0.349 e. The van der Waals surface area contributed by atoms with Crippen molar-refractivity contribution in [3.8, 4) is 11.5 Å². The van der Waals surface area contributed by atoms with Gasteiger partial charge in [0.1, 0.15) is 21.9 Å². The molecule has 14 aromatic rings. The molecule has 0 unspecified atom stereocenters. The summed E-state index contributed by atoms with van der Waals surface area (Å²) in [5.41, 5.74) is 25.8. The summed E-state index contributed by atoms with van der Waals surface area (Å²) in [5, 5.41) is 12.2. The number of fused-ring (bicyclic) bond motifs is 10. The third kappa shape index (κ3) is 24.5. The zero-order chi connectivity index (χ0) is 105. The van der Waals surface area contributed by atoms with Crippen LogP contribution in [0.3, 0.4) is 0 Å². The van der Waals surface area contributed by atoms with E-state index in [1.165, 1.54) is 66.3 Å². The lowest BCUT2D eigenvalue weighted by atomic mass is 10.1. The zero-order valence-corrected chi connectivity index (χ0v) is 86.7. The third-order valence-electron chi connectivity index (χ3n) is 27.8. The van der Waals surface area contributed by atoms with Crippen LogP contribution in [0.25, 0.3) is 48.9 Å². The number of H-pyrrole nitrogens is 5. The summed E-state index contributed by atoms with van der Waals surface area (Å²) >= 11 is 0. The molecule has 31 heteroatoms. The van der Waals surface area contributed by atoms with Gasteiger partial charge in [-0.25, -0.2) is 49.7 Å². The van der Waals surface area contributed by atoms with Crippen molar-refractivity contribution in [3.05, 3.63) is 379 Å². The number of rotatable bonds is 30. The maximum atomic E-state index is 12.6. The number of ether oxygens (including phenoxy) is 1. The van der Waals surface area contributed by atoms with Gasteiger partial charge < -0.3 is 69.7 Å². The van der Waals surface area contributed by atoms with E-state index in [0.717, 1.165) is 203 Å². The van der Waals surface area contributed by atoms with Gasteiger partial charge in [0, 0.05) is 95.3 Å². The quantitative estimate of drug-likeness (QED) is 0.0153. The fourth-order valence-electron chi connectivity index (χ4n) is 19.8. The monoisotopic (exact) mass is 2010 g/mol. The number of anilines is 12. The molecule has 766 valence electrons. The van der Waals surface area contributed by atoms with Crippen LogP contribution >= 0.6 is 0 Å². The van der Waals surface area contributed by atoms with Crippen molar-refractivity contribution in [1.29, 1.82) is 0 Å². The molecule has 10 heterocycles. The van der Waals surface area contributed by atoms with Crippen molar-refractivity contribution in [3.63, 3.8) is 0 Å². The molecule has 0 radical (unpaired) electrons. The van der Waals surface area contributed by atoms with Crippen LogP contribution in [0.15, 0.2) is 261 Å². The van der Waals surface area contributed by atoms with Gasteiger partial charge in [0.05, 0.1) is 63.1 Å². The van der Waals surface area contributed by atoms with Crippen LogP contribution in [0.5, 0.6) is 0 Å². The average Bonchev–Trinajstić information content (AvgIpc) is 1.05. The van der Waals surface area contributed by atoms with E-state index < -0.39 is 11.2 Å². The number of nitrogens with one attached hydrogen (secondary N) is 8. The molecule has 0 amide bonds. The molecule has 8 N–H and O–H groups in total. The molecule has 0 spiro atoms. The van der Waals surface area contributed by atoms with Crippen LogP contribution in [0.1, 0.15) is 138 Å². The molecular weight excluding hydrogens is 1880 g/mol. The number of unbranched alkanes of at least 4 members (excludes halogenated alkanes) is 1. The molecule has 4 aromatic heterocycles. The summed E-state index contributed by atoms with van der Waals surface area (Å²) in [6, 6.07) is 74.0. The molecule has 150 heavy (non-hydrogen) atoms. The molecule has 2 aliphatic carbocycles. The summed E-state index contributed by atoms with van der Waals surface area (Å²) in [7, 11) is 5.74. The van der Waals surface area contributed by atoms with Crippen LogP contribution < -0.4 is 117 Å². The van der Waals surface area contributed by atoms with Crippen molar-refractivity contribution in [2.45, 2.75) is 169 Å². The molecule has 31 nitrogen and oxygen atoms in total. The Kier molecular flexibility index (Phi) is 32.2. The lowest BCUT2D eigenvalue weighted by molar-refractivity contribution is 0.211. The number of aromatic nitrogens is 12. The van der Waals surface area contributed by atoms with Gasteiger partial charge in [-0.1, -0.05) is 191 Å². The first-order valence-electron chi connectivity index (χ1n) is 51.7. The van der Waals surface area contributed by atoms with Crippen molar-refractivity contribution in [2.24, 2.45) is 20.0 Å². The Morgan fingerprint density at radius 1 is 0.360 bits per heavy atom. The van der Waals surface area contributed by atoms with E-state index >= 15 is 0 Å². The maximum absolute atomic E-state index is 12.6. The number of aryl methyl sites for hydroxylation is 12. The van der Waals surface area contributed by atoms with Crippen LogP contribution in [-0.2, 0) is 43.4 Å². The average molecular weight is 2010 g/mol. The van der Waals surface area contributed by atoms with E-state index in [1.54, 1.807) is 7.11 Å². The summed E-state index contributed by atoms with van der Waals surface area (Å²) < 4.78 is 7.12. The van der Waals surface area contributed by atoms with Crippen molar-refractivity contribution in [1.82, 2.24) is 59.4 Å². The second-order valence-electron chi connectivity index (χ2n) is 39.3. The molecule has 2 saturated carbocycles. The van der Waals surface area contributed by atoms with Gasteiger partial charge in [-0.2, -0.15) is 4.98 Å². The Labute approximate surface area is 868 Å². The van der Waals surface area contributed by atoms with Gasteiger partial charge in [-0.3, -0.25) is 29.0 Å². The molecule has 8 aliphatic rings. The number of hydrogen-bond acceptors (Lipinski definition) is 25.